The molecule has 0 radical (unpaired) electrons. The second-order valence-electron chi connectivity index (χ2n) is 8.09. The Morgan fingerprint density at radius 1 is 1.27 bits per heavy atom. The minimum absolute atomic E-state index is 0.0780. The maximum atomic E-state index is 14.6. The minimum Gasteiger partial charge on any atom is -0.400 e. The molecular formula is C21H29ClFN5O4S. The molecule has 1 fully saturated rings. The summed E-state index contributed by atoms with van der Waals surface area (Å²) in [6.45, 7) is 0.992. The van der Waals surface area contributed by atoms with Gasteiger partial charge in [-0.3, -0.25) is 15.2 Å². The van der Waals surface area contributed by atoms with Crippen molar-refractivity contribution in [2.75, 3.05) is 24.0 Å². The van der Waals surface area contributed by atoms with E-state index in [1.54, 1.807) is 0 Å². The third kappa shape index (κ3) is 6.90. The summed E-state index contributed by atoms with van der Waals surface area (Å²) in [5, 5.41) is 0.953. The third-order valence-electron chi connectivity index (χ3n) is 5.60. The number of benzene rings is 1. The van der Waals surface area contributed by atoms with Gasteiger partial charge < -0.3 is 10.5 Å². The quantitative estimate of drug-likeness (QED) is 0.255. The Bertz CT molecular complexity index is 1040. The Labute approximate surface area is 197 Å². The van der Waals surface area contributed by atoms with Crippen molar-refractivity contribution in [2.24, 2.45) is 17.5 Å². The first kappa shape index (κ1) is 25.4. The molecule has 1 saturated heterocycles. The number of hydrazine groups is 2. The maximum absolute atomic E-state index is 14.6. The molecule has 1 aliphatic carbocycles. The number of anilines is 1. The van der Waals surface area contributed by atoms with E-state index >= 15 is 0 Å². The van der Waals surface area contributed by atoms with E-state index in [4.69, 9.17) is 27.9 Å². The molecular weight excluding hydrogens is 473 g/mol. The Kier molecular flexibility index (Phi) is 8.71. The van der Waals surface area contributed by atoms with Gasteiger partial charge in [-0.25, -0.2) is 18.7 Å². The molecule has 9 nitrogen and oxygen atoms in total. The number of hydrogen-bond acceptors (Lipinski definition) is 7. The highest BCUT2D eigenvalue weighted by Gasteiger charge is 2.24. The summed E-state index contributed by atoms with van der Waals surface area (Å²) in [5.74, 6) is 4.02. The van der Waals surface area contributed by atoms with Crippen molar-refractivity contribution in [3.63, 3.8) is 0 Å². The Morgan fingerprint density at radius 2 is 2.00 bits per heavy atom. The lowest BCUT2D eigenvalue weighted by Crippen LogP contribution is -2.44. The van der Waals surface area contributed by atoms with Crippen LogP contribution >= 0.6 is 11.6 Å². The molecule has 0 spiro atoms. The summed E-state index contributed by atoms with van der Waals surface area (Å²) in [5.41, 5.74) is 9.22. The fourth-order valence-electron chi connectivity index (χ4n) is 3.76. The normalized spacial score (nSPS) is 21.2. The van der Waals surface area contributed by atoms with Crippen molar-refractivity contribution in [1.29, 1.82) is 0 Å². The lowest BCUT2D eigenvalue weighted by molar-refractivity contribution is 0.0722. The predicted molar refractivity (Wildman–Crippen MR) is 125 cm³/mol. The highest BCUT2D eigenvalue weighted by atomic mass is 35.5. The summed E-state index contributed by atoms with van der Waals surface area (Å²) in [7, 11) is -3.82. The van der Waals surface area contributed by atoms with Gasteiger partial charge in [0.2, 0.25) is 10.0 Å². The first-order valence-corrected chi connectivity index (χ1v) is 12.7. The third-order valence-corrected chi connectivity index (χ3v) is 7.20. The topological polar surface area (TPSA) is 140 Å². The van der Waals surface area contributed by atoms with E-state index in [0.717, 1.165) is 12.8 Å². The van der Waals surface area contributed by atoms with Crippen LogP contribution in [-0.4, -0.2) is 33.3 Å². The lowest BCUT2D eigenvalue weighted by atomic mass is 10.0. The van der Waals surface area contributed by atoms with Crippen molar-refractivity contribution >= 4 is 33.2 Å². The van der Waals surface area contributed by atoms with Crippen LogP contribution in [0.1, 0.15) is 48.9 Å². The summed E-state index contributed by atoms with van der Waals surface area (Å²) in [6.07, 6.45) is 8.02. The Balaban J connectivity index is 1.75. The van der Waals surface area contributed by atoms with Gasteiger partial charge in [0.05, 0.1) is 27.7 Å². The Morgan fingerprint density at radius 3 is 2.73 bits per heavy atom. The number of nitrogens with one attached hydrogen (secondary N) is 2. The van der Waals surface area contributed by atoms with E-state index < -0.39 is 27.3 Å². The molecule has 1 aromatic rings. The van der Waals surface area contributed by atoms with Gasteiger partial charge in [0.25, 0.3) is 5.91 Å². The van der Waals surface area contributed by atoms with Crippen LogP contribution in [0.5, 0.6) is 0 Å². The molecule has 182 valence electrons. The van der Waals surface area contributed by atoms with E-state index in [2.05, 4.69) is 5.43 Å². The van der Waals surface area contributed by atoms with Gasteiger partial charge in [-0.15, -0.1) is 4.83 Å². The number of rotatable bonds is 7. The van der Waals surface area contributed by atoms with Crippen molar-refractivity contribution < 1.29 is 22.3 Å². The molecule has 2 aliphatic rings. The molecule has 1 heterocycles. The number of halogens is 2. The van der Waals surface area contributed by atoms with E-state index in [1.165, 1.54) is 17.1 Å². The summed E-state index contributed by atoms with van der Waals surface area (Å²) >= 11 is 6.01. The SMILES string of the molecule is N/C1=C(/N(N)c2cc(Cl)c(F)c(C(=O)NNS(=O)(=O)CC3CCOCC3)c2)CCC/C=C\C1. The fraction of sp³-hybridized carbons (Fsp3) is 0.476. The number of nitrogens with zero attached hydrogens (tertiary/aromatic N) is 1. The molecule has 6 N–H and O–H groups in total. The van der Waals surface area contributed by atoms with Crippen LogP contribution in [0.15, 0.2) is 35.7 Å². The largest absolute Gasteiger partial charge is 0.400 e. The number of carbonyl (C=O) groups is 1. The van der Waals surface area contributed by atoms with Gasteiger partial charge in [-0.1, -0.05) is 23.8 Å². The molecule has 1 aliphatic heterocycles. The summed E-state index contributed by atoms with van der Waals surface area (Å²) in [6, 6.07) is 2.50. The van der Waals surface area contributed by atoms with Crippen molar-refractivity contribution in [2.45, 2.75) is 38.5 Å². The summed E-state index contributed by atoms with van der Waals surface area (Å²) < 4.78 is 44.5. The van der Waals surface area contributed by atoms with Crippen molar-refractivity contribution in [3.8, 4) is 0 Å². The summed E-state index contributed by atoms with van der Waals surface area (Å²) in [4.78, 5) is 14.6. The molecule has 1 amide bonds. The zero-order valence-corrected chi connectivity index (χ0v) is 19.7. The van der Waals surface area contributed by atoms with Crippen LogP contribution in [-0.2, 0) is 14.8 Å². The van der Waals surface area contributed by atoms with Crippen LogP contribution in [0.3, 0.4) is 0 Å². The first-order chi connectivity index (χ1) is 15.7. The van der Waals surface area contributed by atoms with Gasteiger partial charge in [0.15, 0.2) is 5.82 Å². The number of nitrogens with two attached hydrogens (primary N) is 2. The van der Waals surface area contributed by atoms with Crippen molar-refractivity contribution in [1.82, 2.24) is 10.3 Å². The molecule has 33 heavy (non-hydrogen) atoms. The van der Waals surface area contributed by atoms with Crippen LogP contribution in [0, 0.1) is 11.7 Å². The number of hydrogen-bond donors (Lipinski definition) is 4. The van der Waals surface area contributed by atoms with Crippen LogP contribution in [0.25, 0.3) is 0 Å². The van der Waals surface area contributed by atoms with Gasteiger partial charge in [-0.05, 0) is 50.2 Å². The number of sulfonamides is 1. The highest BCUT2D eigenvalue weighted by molar-refractivity contribution is 7.89. The van der Waals surface area contributed by atoms with Gasteiger partial charge in [-0.2, -0.15) is 0 Å². The first-order valence-electron chi connectivity index (χ1n) is 10.7. The molecule has 0 bridgehead atoms. The van der Waals surface area contributed by atoms with E-state index in [0.29, 0.717) is 50.3 Å². The van der Waals surface area contributed by atoms with Crippen molar-refractivity contribution in [3.05, 3.63) is 52.1 Å². The molecule has 0 atom stereocenters. The lowest BCUT2D eigenvalue weighted by Gasteiger charge is -2.26. The molecule has 12 heteroatoms. The fourth-order valence-corrected chi connectivity index (χ4v) is 5.26. The smallest absolute Gasteiger partial charge is 0.269 e. The zero-order chi connectivity index (χ0) is 24.0. The van der Waals surface area contributed by atoms with E-state index in [1.807, 2.05) is 17.0 Å². The average molecular weight is 502 g/mol. The zero-order valence-electron chi connectivity index (χ0n) is 18.1. The second-order valence-corrected chi connectivity index (χ2v) is 10.3. The number of carbonyl (C=O) groups excluding carboxylic acids is 1. The Hall–Kier alpha value is -2.18. The van der Waals surface area contributed by atoms with Gasteiger partial charge in [0, 0.05) is 25.3 Å². The van der Waals surface area contributed by atoms with Gasteiger partial charge >= 0.3 is 0 Å². The van der Waals surface area contributed by atoms with E-state index in [-0.39, 0.29) is 22.4 Å². The second kappa shape index (κ2) is 11.3. The number of amides is 1. The van der Waals surface area contributed by atoms with Crippen LogP contribution < -0.4 is 26.8 Å². The molecule has 0 saturated carbocycles. The van der Waals surface area contributed by atoms with Crippen LogP contribution in [0.4, 0.5) is 10.1 Å². The maximum Gasteiger partial charge on any atom is 0.269 e. The standard InChI is InChI=1S/C21H29ClFN5O4S/c22-17-12-15(28(25)19-6-4-2-1-3-5-18(19)24)11-16(20(17)23)21(29)26-27-33(30,31)13-14-7-9-32-10-8-14/h1,3,11-12,14,27H,2,4-10,13,24-25H2,(H,26,29)/b3-1-,19-18+. The highest BCUT2D eigenvalue weighted by Crippen LogP contribution is 2.29. The number of allylic oxidation sites excluding steroid dienone is 3. The molecule has 0 aromatic heterocycles. The predicted octanol–water partition coefficient (Wildman–Crippen LogP) is 2.45. The molecule has 3 rings (SSSR count). The number of ether oxygens (including phenoxy) is 1. The minimum atomic E-state index is -3.82. The van der Waals surface area contributed by atoms with E-state index in [9.17, 15) is 17.6 Å². The molecule has 0 unspecified atom stereocenters. The average Bonchev–Trinajstić information content (AvgIpc) is 2.77. The monoisotopic (exact) mass is 501 g/mol. The molecule has 1 aromatic carbocycles. The van der Waals surface area contributed by atoms with Gasteiger partial charge in [0.1, 0.15) is 0 Å². The van der Waals surface area contributed by atoms with Crippen LogP contribution in [0.2, 0.25) is 5.02 Å².